The number of carbonyl (C=O) groups is 1. The number of benzene rings is 1. The molecule has 1 saturated carbocycles. The van der Waals surface area contributed by atoms with Gasteiger partial charge in [0.15, 0.2) is 10.6 Å². The predicted molar refractivity (Wildman–Crippen MR) is 104 cm³/mol. The molecule has 2 heterocycles. The maximum absolute atomic E-state index is 12.7. The fraction of sp³-hybridized carbons (Fsp3) is 0.333. The summed E-state index contributed by atoms with van der Waals surface area (Å²) in [6.07, 6.45) is -2.19. The molecule has 152 valence electrons. The molecule has 4 rings (SSSR count). The summed E-state index contributed by atoms with van der Waals surface area (Å²) in [5, 5.41) is 12.0. The molecule has 6 nitrogen and oxygen atoms in total. The van der Waals surface area contributed by atoms with E-state index in [1.54, 1.807) is 5.38 Å². The fourth-order valence-electron chi connectivity index (χ4n) is 2.90. The lowest BCUT2D eigenvalue weighted by Gasteiger charge is -2.06. The number of hydrogen-bond donors (Lipinski definition) is 2. The minimum absolute atomic E-state index is 0.0751. The van der Waals surface area contributed by atoms with Crippen LogP contribution in [0.3, 0.4) is 0 Å². The molecule has 1 fully saturated rings. The number of aromatic amines is 1. The summed E-state index contributed by atoms with van der Waals surface area (Å²) in [5.41, 5.74) is 0.430. The van der Waals surface area contributed by atoms with E-state index < -0.39 is 11.7 Å². The molecule has 0 unspecified atom stereocenters. The second-order valence-corrected chi connectivity index (χ2v) is 7.96. The van der Waals surface area contributed by atoms with Gasteiger partial charge in [-0.15, -0.1) is 11.3 Å². The number of aromatic nitrogens is 4. The van der Waals surface area contributed by atoms with Crippen LogP contribution in [0.15, 0.2) is 29.6 Å². The summed E-state index contributed by atoms with van der Waals surface area (Å²) in [4.78, 5) is 16.6. The van der Waals surface area contributed by atoms with Crippen molar-refractivity contribution in [2.45, 2.75) is 38.0 Å². The van der Waals surface area contributed by atoms with Gasteiger partial charge in [0.2, 0.25) is 5.91 Å². The van der Waals surface area contributed by atoms with Gasteiger partial charge in [0.25, 0.3) is 0 Å². The third-order valence-electron chi connectivity index (χ3n) is 4.49. The van der Waals surface area contributed by atoms with Gasteiger partial charge < -0.3 is 5.32 Å². The van der Waals surface area contributed by atoms with Gasteiger partial charge in [-0.25, -0.2) is 4.98 Å². The first-order chi connectivity index (χ1) is 13.8. The van der Waals surface area contributed by atoms with Crippen LogP contribution in [0.1, 0.15) is 36.0 Å². The second kappa shape index (κ2) is 7.71. The average molecular weight is 439 g/mol. The molecular formula is C18H16F3N5OS2. The largest absolute Gasteiger partial charge is 0.416 e. The molecule has 3 aromatic rings. The number of alkyl halides is 3. The molecule has 1 amide bonds. The quantitative estimate of drug-likeness (QED) is 0.563. The Bertz CT molecular complexity index is 1080. The first-order valence-electron chi connectivity index (χ1n) is 8.86. The first-order valence-corrected chi connectivity index (χ1v) is 10.1. The second-order valence-electron chi connectivity index (χ2n) is 6.72. The molecule has 1 aliphatic rings. The Kier molecular flexibility index (Phi) is 5.26. The highest BCUT2D eigenvalue weighted by molar-refractivity contribution is 7.71. The fourth-order valence-corrected chi connectivity index (χ4v) is 4.02. The van der Waals surface area contributed by atoms with Gasteiger partial charge in [-0.2, -0.15) is 18.3 Å². The molecule has 0 atom stereocenters. The van der Waals surface area contributed by atoms with Crippen molar-refractivity contribution in [1.82, 2.24) is 25.1 Å². The average Bonchev–Trinajstić information content (AvgIpc) is 3.28. The van der Waals surface area contributed by atoms with Crippen LogP contribution in [0.5, 0.6) is 0 Å². The Morgan fingerprint density at radius 2 is 2.03 bits per heavy atom. The lowest BCUT2D eigenvalue weighted by atomic mass is 10.1. The predicted octanol–water partition coefficient (Wildman–Crippen LogP) is 4.28. The molecule has 0 bridgehead atoms. The van der Waals surface area contributed by atoms with Gasteiger partial charge in [-0.1, -0.05) is 12.1 Å². The van der Waals surface area contributed by atoms with Crippen molar-refractivity contribution < 1.29 is 18.0 Å². The van der Waals surface area contributed by atoms with Crippen LogP contribution in [0.4, 0.5) is 13.2 Å². The smallest absolute Gasteiger partial charge is 0.348 e. The molecule has 2 aromatic heterocycles. The Hall–Kier alpha value is -2.53. The molecular weight excluding hydrogens is 423 g/mol. The highest BCUT2D eigenvalue weighted by Gasteiger charge is 2.30. The molecule has 0 aliphatic heterocycles. The van der Waals surface area contributed by atoms with Crippen LogP contribution in [0.25, 0.3) is 10.6 Å². The minimum Gasteiger partial charge on any atom is -0.348 e. The van der Waals surface area contributed by atoms with Gasteiger partial charge in [0.1, 0.15) is 5.01 Å². The van der Waals surface area contributed by atoms with Crippen molar-refractivity contribution in [3.63, 3.8) is 0 Å². The summed E-state index contributed by atoms with van der Waals surface area (Å²) in [6, 6.07) is 5.17. The van der Waals surface area contributed by atoms with Crippen LogP contribution in [0.2, 0.25) is 0 Å². The van der Waals surface area contributed by atoms with E-state index in [9.17, 15) is 18.0 Å². The summed E-state index contributed by atoms with van der Waals surface area (Å²) in [5.74, 6) is 0.472. The van der Waals surface area contributed by atoms with Gasteiger partial charge in [-0.05, 0) is 37.2 Å². The maximum Gasteiger partial charge on any atom is 0.416 e. The third kappa shape index (κ3) is 4.56. The van der Waals surface area contributed by atoms with Gasteiger partial charge in [0.05, 0.1) is 24.2 Å². The molecule has 29 heavy (non-hydrogen) atoms. The Morgan fingerprint density at radius 3 is 2.69 bits per heavy atom. The number of H-pyrrole nitrogens is 1. The van der Waals surface area contributed by atoms with E-state index in [2.05, 4.69) is 20.5 Å². The lowest BCUT2D eigenvalue weighted by Crippen LogP contribution is -2.26. The van der Waals surface area contributed by atoms with E-state index in [1.165, 1.54) is 23.5 Å². The van der Waals surface area contributed by atoms with E-state index in [4.69, 9.17) is 12.2 Å². The first kappa shape index (κ1) is 19.8. The van der Waals surface area contributed by atoms with Gasteiger partial charge in [0, 0.05) is 17.0 Å². The van der Waals surface area contributed by atoms with Crippen molar-refractivity contribution in [2.75, 3.05) is 0 Å². The number of halogens is 3. The van der Waals surface area contributed by atoms with E-state index in [1.807, 2.05) is 4.57 Å². The highest BCUT2D eigenvalue weighted by Crippen LogP contribution is 2.35. The van der Waals surface area contributed by atoms with Crippen LogP contribution in [-0.4, -0.2) is 25.7 Å². The van der Waals surface area contributed by atoms with Crippen LogP contribution >= 0.6 is 23.6 Å². The number of nitrogens with one attached hydrogen (secondary N) is 2. The van der Waals surface area contributed by atoms with E-state index >= 15 is 0 Å². The summed E-state index contributed by atoms with van der Waals surface area (Å²) >= 11 is 6.50. The van der Waals surface area contributed by atoms with Crippen LogP contribution in [-0.2, 0) is 23.9 Å². The normalized spacial score (nSPS) is 14.2. The Balaban J connectivity index is 1.36. The van der Waals surface area contributed by atoms with Gasteiger partial charge in [-0.3, -0.25) is 14.5 Å². The molecule has 11 heteroatoms. The standard InChI is InChI=1S/C18H16F3N5OS2/c19-18(20,21)11-3-1-10(2-4-11)16-23-12(9-29-16)7-15(27)22-8-14-24-25-17(28)26(14)13-5-6-13/h1-4,9,13H,5-8H2,(H,22,27)(H,25,28). The molecule has 1 aromatic carbocycles. The minimum atomic E-state index is -4.37. The van der Waals surface area contributed by atoms with E-state index in [0.717, 1.165) is 25.0 Å². The lowest BCUT2D eigenvalue weighted by molar-refractivity contribution is -0.137. The van der Waals surface area contributed by atoms with Crippen molar-refractivity contribution in [1.29, 1.82) is 0 Å². The third-order valence-corrected chi connectivity index (χ3v) is 5.71. The SMILES string of the molecule is O=C(Cc1csc(-c2ccc(C(F)(F)F)cc2)n1)NCc1n[nH]c(=S)n1C1CC1. The molecule has 0 radical (unpaired) electrons. The number of carbonyl (C=O) groups excluding carboxylic acids is 1. The number of nitrogens with zero attached hydrogens (tertiary/aromatic N) is 3. The van der Waals surface area contributed by atoms with Crippen molar-refractivity contribution in [2.24, 2.45) is 0 Å². The summed E-state index contributed by atoms with van der Waals surface area (Å²) < 4.78 is 40.5. The zero-order valence-electron chi connectivity index (χ0n) is 15.0. The Labute approximate surface area is 172 Å². The molecule has 1 aliphatic carbocycles. The Morgan fingerprint density at radius 1 is 1.31 bits per heavy atom. The summed E-state index contributed by atoms with van der Waals surface area (Å²) in [7, 11) is 0. The van der Waals surface area contributed by atoms with Crippen LogP contribution < -0.4 is 5.32 Å². The molecule has 0 saturated heterocycles. The number of amides is 1. The zero-order valence-corrected chi connectivity index (χ0v) is 16.6. The number of thiazole rings is 1. The van der Waals surface area contributed by atoms with Crippen molar-refractivity contribution in [3.8, 4) is 10.6 Å². The van der Waals surface area contributed by atoms with E-state index in [-0.39, 0.29) is 18.9 Å². The highest BCUT2D eigenvalue weighted by atomic mass is 32.1. The van der Waals surface area contributed by atoms with E-state index in [0.29, 0.717) is 32.9 Å². The molecule has 0 spiro atoms. The van der Waals surface area contributed by atoms with Gasteiger partial charge >= 0.3 is 6.18 Å². The molecule has 2 N–H and O–H groups in total. The monoisotopic (exact) mass is 439 g/mol. The zero-order chi connectivity index (χ0) is 20.6. The maximum atomic E-state index is 12.7. The topological polar surface area (TPSA) is 75.6 Å². The van der Waals surface area contributed by atoms with Crippen molar-refractivity contribution in [3.05, 3.63) is 51.5 Å². The summed E-state index contributed by atoms with van der Waals surface area (Å²) in [6.45, 7) is 0.262. The number of hydrogen-bond acceptors (Lipinski definition) is 5. The van der Waals surface area contributed by atoms with Crippen molar-refractivity contribution >= 4 is 29.5 Å². The number of rotatable bonds is 6. The van der Waals surface area contributed by atoms with Crippen LogP contribution in [0, 0.1) is 4.77 Å².